The van der Waals surface area contributed by atoms with Crippen molar-refractivity contribution >= 4 is 17.1 Å². The number of nitrogens with one attached hydrogen (secondary N) is 2. The molecule has 0 atom stereocenters. The summed E-state index contributed by atoms with van der Waals surface area (Å²) >= 11 is 0. The first-order valence-electron chi connectivity index (χ1n) is 9.47. The van der Waals surface area contributed by atoms with Crippen LogP contribution in [0.2, 0.25) is 0 Å². The molecule has 29 heavy (non-hydrogen) atoms. The van der Waals surface area contributed by atoms with E-state index in [0.29, 0.717) is 30.2 Å². The smallest absolute Gasteiger partial charge is 0.329 e. The predicted octanol–water partition coefficient (Wildman–Crippen LogP) is 2.70. The molecule has 0 amide bonds. The second-order valence-electron chi connectivity index (χ2n) is 7.34. The maximum Gasteiger partial charge on any atom is 0.329 e. The molecule has 2 heterocycles. The number of benzene rings is 2. The van der Waals surface area contributed by atoms with Gasteiger partial charge in [-0.1, -0.05) is 59.7 Å². The lowest BCUT2D eigenvalue weighted by atomic mass is 10.1. The van der Waals surface area contributed by atoms with E-state index in [1.807, 2.05) is 42.7 Å². The first-order valence-corrected chi connectivity index (χ1v) is 9.47. The SMILES string of the molecule is Cc1ccc(CNc2nc3c(c(=O)[nH]c(=O)n3C)n2Cc2ccc(C)cc2)cc1. The van der Waals surface area contributed by atoms with Gasteiger partial charge in [0.05, 0.1) is 6.54 Å². The number of aromatic nitrogens is 4. The van der Waals surface area contributed by atoms with Gasteiger partial charge >= 0.3 is 5.69 Å². The summed E-state index contributed by atoms with van der Waals surface area (Å²) in [5, 5.41) is 3.33. The number of nitrogens with zero attached hydrogens (tertiary/aromatic N) is 3. The van der Waals surface area contributed by atoms with Gasteiger partial charge in [0.25, 0.3) is 5.56 Å². The third kappa shape index (κ3) is 3.71. The quantitative estimate of drug-likeness (QED) is 0.550. The molecule has 0 spiro atoms. The Morgan fingerprint density at radius 3 is 2.14 bits per heavy atom. The van der Waals surface area contributed by atoms with Gasteiger partial charge in [-0.25, -0.2) is 4.79 Å². The first-order chi connectivity index (χ1) is 13.9. The van der Waals surface area contributed by atoms with Crippen LogP contribution in [0.15, 0.2) is 58.1 Å². The molecule has 0 unspecified atom stereocenters. The molecule has 0 bridgehead atoms. The molecule has 2 N–H and O–H groups in total. The Kier molecular flexibility index (Phi) is 4.80. The summed E-state index contributed by atoms with van der Waals surface area (Å²) in [6.07, 6.45) is 0. The number of fused-ring (bicyclic) bond motifs is 1. The van der Waals surface area contributed by atoms with Crippen molar-refractivity contribution in [2.24, 2.45) is 7.05 Å². The van der Waals surface area contributed by atoms with E-state index >= 15 is 0 Å². The van der Waals surface area contributed by atoms with Crippen molar-refractivity contribution in [3.05, 3.63) is 91.6 Å². The largest absolute Gasteiger partial charge is 0.351 e. The van der Waals surface area contributed by atoms with Crippen LogP contribution in [0.1, 0.15) is 22.3 Å². The molecule has 148 valence electrons. The molecule has 4 aromatic rings. The Morgan fingerprint density at radius 2 is 1.52 bits per heavy atom. The number of hydrogen-bond donors (Lipinski definition) is 2. The van der Waals surface area contributed by atoms with E-state index in [0.717, 1.165) is 11.1 Å². The predicted molar refractivity (Wildman–Crippen MR) is 114 cm³/mol. The lowest BCUT2D eigenvalue weighted by Crippen LogP contribution is -2.29. The van der Waals surface area contributed by atoms with Crippen molar-refractivity contribution < 1.29 is 0 Å². The summed E-state index contributed by atoms with van der Waals surface area (Å²) in [6.45, 7) is 5.11. The third-order valence-corrected chi connectivity index (χ3v) is 5.04. The lowest BCUT2D eigenvalue weighted by molar-refractivity contribution is 0.806. The van der Waals surface area contributed by atoms with Crippen LogP contribution < -0.4 is 16.6 Å². The van der Waals surface area contributed by atoms with E-state index < -0.39 is 11.2 Å². The van der Waals surface area contributed by atoms with Crippen molar-refractivity contribution in [2.45, 2.75) is 26.9 Å². The van der Waals surface area contributed by atoms with Gasteiger partial charge in [0, 0.05) is 13.6 Å². The van der Waals surface area contributed by atoms with E-state index in [9.17, 15) is 9.59 Å². The average molecular weight is 389 g/mol. The monoisotopic (exact) mass is 389 g/mol. The summed E-state index contributed by atoms with van der Waals surface area (Å²) < 4.78 is 3.19. The number of anilines is 1. The van der Waals surface area contributed by atoms with E-state index in [2.05, 4.69) is 39.6 Å². The van der Waals surface area contributed by atoms with Crippen molar-refractivity contribution in [3.63, 3.8) is 0 Å². The van der Waals surface area contributed by atoms with E-state index in [1.54, 1.807) is 7.05 Å². The number of aromatic amines is 1. The van der Waals surface area contributed by atoms with Crippen molar-refractivity contribution in [1.29, 1.82) is 0 Å². The van der Waals surface area contributed by atoms with E-state index in [4.69, 9.17) is 0 Å². The molecule has 4 rings (SSSR count). The summed E-state index contributed by atoms with van der Waals surface area (Å²) in [5.41, 5.74) is 4.33. The van der Waals surface area contributed by atoms with Gasteiger partial charge in [0.15, 0.2) is 11.2 Å². The average Bonchev–Trinajstić information content (AvgIpc) is 3.06. The molecule has 2 aromatic heterocycles. The Hall–Kier alpha value is -3.61. The fourth-order valence-electron chi connectivity index (χ4n) is 3.29. The highest BCUT2D eigenvalue weighted by molar-refractivity contribution is 5.74. The van der Waals surface area contributed by atoms with Gasteiger partial charge in [0.2, 0.25) is 5.95 Å². The van der Waals surface area contributed by atoms with Crippen LogP contribution in [-0.2, 0) is 20.1 Å². The van der Waals surface area contributed by atoms with Crippen molar-refractivity contribution in [3.8, 4) is 0 Å². The third-order valence-electron chi connectivity index (χ3n) is 5.04. The minimum absolute atomic E-state index is 0.359. The van der Waals surface area contributed by atoms with Crippen molar-refractivity contribution in [2.75, 3.05) is 5.32 Å². The van der Waals surface area contributed by atoms with Gasteiger partial charge in [-0.2, -0.15) is 4.98 Å². The fraction of sp³-hybridized carbons (Fsp3) is 0.227. The summed E-state index contributed by atoms with van der Waals surface area (Å²) in [6, 6.07) is 16.3. The minimum Gasteiger partial charge on any atom is -0.351 e. The molecule has 7 nitrogen and oxygen atoms in total. The molecule has 0 aliphatic rings. The number of H-pyrrole nitrogens is 1. The molecule has 0 aliphatic carbocycles. The number of rotatable bonds is 5. The first kappa shape index (κ1) is 18.7. The van der Waals surface area contributed by atoms with Crippen LogP contribution in [0.25, 0.3) is 11.2 Å². The van der Waals surface area contributed by atoms with Crippen LogP contribution in [0.5, 0.6) is 0 Å². The molecule has 0 saturated carbocycles. The van der Waals surface area contributed by atoms with Crippen LogP contribution >= 0.6 is 0 Å². The molecular formula is C22H23N5O2. The standard InChI is InChI=1S/C22H23N5O2/c1-14-4-8-16(9-5-14)12-23-21-24-19-18(20(28)25-22(29)26(19)3)27(21)13-17-10-6-15(2)7-11-17/h4-11H,12-13H2,1-3H3,(H,23,24)(H,25,28,29). The maximum absolute atomic E-state index is 12.6. The highest BCUT2D eigenvalue weighted by Crippen LogP contribution is 2.19. The Balaban J connectivity index is 1.78. The zero-order chi connectivity index (χ0) is 20.5. The second kappa shape index (κ2) is 7.43. The van der Waals surface area contributed by atoms with E-state index in [1.165, 1.54) is 15.7 Å². The molecule has 0 saturated heterocycles. The van der Waals surface area contributed by atoms with Crippen LogP contribution in [0.3, 0.4) is 0 Å². The molecule has 0 fully saturated rings. The lowest BCUT2D eigenvalue weighted by Gasteiger charge is -2.11. The molecular weight excluding hydrogens is 366 g/mol. The van der Waals surface area contributed by atoms with E-state index in [-0.39, 0.29) is 0 Å². The Bertz CT molecular complexity index is 1280. The fourth-order valence-corrected chi connectivity index (χ4v) is 3.29. The molecule has 7 heteroatoms. The summed E-state index contributed by atoms with van der Waals surface area (Å²) in [7, 11) is 1.60. The van der Waals surface area contributed by atoms with Gasteiger partial charge < -0.3 is 5.32 Å². The number of aryl methyl sites for hydroxylation is 3. The summed E-state index contributed by atoms with van der Waals surface area (Å²) in [5.74, 6) is 0.549. The second-order valence-corrected chi connectivity index (χ2v) is 7.34. The number of hydrogen-bond acceptors (Lipinski definition) is 4. The highest BCUT2D eigenvalue weighted by atomic mass is 16.2. The summed E-state index contributed by atoms with van der Waals surface area (Å²) in [4.78, 5) is 31.6. The molecule has 2 aromatic carbocycles. The van der Waals surface area contributed by atoms with Gasteiger partial charge in [-0.3, -0.25) is 18.9 Å². The minimum atomic E-state index is -0.479. The Labute approximate surface area is 167 Å². The van der Waals surface area contributed by atoms with Crippen LogP contribution in [-0.4, -0.2) is 19.1 Å². The normalized spacial score (nSPS) is 11.1. The van der Waals surface area contributed by atoms with Gasteiger partial charge in [0.1, 0.15) is 0 Å². The van der Waals surface area contributed by atoms with Gasteiger partial charge in [-0.15, -0.1) is 0 Å². The maximum atomic E-state index is 12.6. The van der Waals surface area contributed by atoms with Gasteiger partial charge in [-0.05, 0) is 25.0 Å². The number of imidazole rings is 1. The Morgan fingerprint density at radius 1 is 0.931 bits per heavy atom. The topological polar surface area (TPSA) is 84.7 Å². The van der Waals surface area contributed by atoms with Crippen molar-refractivity contribution in [1.82, 2.24) is 19.1 Å². The zero-order valence-electron chi connectivity index (χ0n) is 16.7. The highest BCUT2D eigenvalue weighted by Gasteiger charge is 2.17. The molecule has 0 radical (unpaired) electrons. The van der Waals surface area contributed by atoms with Crippen LogP contribution in [0.4, 0.5) is 5.95 Å². The zero-order valence-corrected chi connectivity index (χ0v) is 16.7. The van der Waals surface area contributed by atoms with Crippen LogP contribution in [0, 0.1) is 13.8 Å². The molecule has 0 aliphatic heterocycles.